The Hall–Kier alpha value is -1.92. The lowest BCUT2D eigenvalue weighted by molar-refractivity contribution is -0.383. The summed E-state index contributed by atoms with van der Waals surface area (Å²) in [5, 5.41) is 17.3. The highest BCUT2D eigenvalue weighted by molar-refractivity contribution is 5.69. The first-order valence-electron chi connectivity index (χ1n) is 6.28. The van der Waals surface area contributed by atoms with Crippen LogP contribution in [-0.4, -0.2) is 26.5 Å². The Bertz CT molecular complexity index is 456. The number of hydrogen-bond acceptors (Lipinski definition) is 6. The van der Waals surface area contributed by atoms with Crippen molar-refractivity contribution in [3.05, 3.63) is 16.4 Å². The fourth-order valence-corrected chi connectivity index (χ4v) is 1.44. The molecule has 1 aromatic heterocycles. The van der Waals surface area contributed by atoms with Crippen LogP contribution in [0.3, 0.4) is 0 Å². The average molecular weight is 267 g/mol. The van der Waals surface area contributed by atoms with Gasteiger partial charge in [0.2, 0.25) is 11.6 Å². The molecule has 0 bridgehead atoms. The Morgan fingerprint density at radius 3 is 2.42 bits per heavy atom. The maximum Gasteiger partial charge on any atom is 0.353 e. The zero-order chi connectivity index (χ0) is 14.6. The molecule has 19 heavy (non-hydrogen) atoms. The summed E-state index contributed by atoms with van der Waals surface area (Å²) in [5.41, 5.74) is -0.426. The molecule has 0 aliphatic rings. The van der Waals surface area contributed by atoms with E-state index in [2.05, 4.69) is 20.6 Å². The molecule has 0 aromatic carbocycles. The molecule has 1 atom stereocenters. The molecular weight excluding hydrogens is 246 g/mol. The third kappa shape index (κ3) is 4.35. The van der Waals surface area contributed by atoms with Gasteiger partial charge in [-0.15, -0.1) is 0 Å². The van der Waals surface area contributed by atoms with Crippen molar-refractivity contribution in [3.8, 4) is 0 Å². The first kappa shape index (κ1) is 15.1. The third-order valence-electron chi connectivity index (χ3n) is 2.49. The lowest BCUT2D eigenvalue weighted by Crippen LogP contribution is -2.27. The van der Waals surface area contributed by atoms with Gasteiger partial charge in [-0.25, -0.2) is 9.97 Å². The van der Waals surface area contributed by atoms with E-state index in [1.54, 1.807) is 0 Å². The molecule has 0 saturated heterocycles. The number of anilines is 2. The minimum absolute atomic E-state index is 0.107. The van der Waals surface area contributed by atoms with Gasteiger partial charge in [-0.1, -0.05) is 6.92 Å². The van der Waals surface area contributed by atoms with Crippen molar-refractivity contribution in [1.29, 1.82) is 0 Å². The predicted molar refractivity (Wildman–Crippen MR) is 75.4 cm³/mol. The van der Waals surface area contributed by atoms with Gasteiger partial charge >= 0.3 is 5.69 Å². The van der Waals surface area contributed by atoms with Crippen molar-refractivity contribution in [2.45, 2.75) is 52.6 Å². The Balaban J connectivity index is 3.18. The van der Waals surface area contributed by atoms with Crippen LogP contribution in [0.15, 0.2) is 6.33 Å². The number of aromatic nitrogens is 2. The van der Waals surface area contributed by atoms with Crippen LogP contribution in [0.25, 0.3) is 0 Å². The van der Waals surface area contributed by atoms with Crippen LogP contribution in [0.1, 0.15) is 41.0 Å². The fraction of sp³-hybridized carbons (Fsp3) is 0.667. The minimum atomic E-state index is -0.460. The molecule has 106 valence electrons. The standard InChI is InChI=1S/C12H21N5O2/c1-6-8(2)15-10-9(17(18)19)11(14-7-13-10)16-12(3,4)5/h7-8H,6H2,1-5H3,(H2,13,14,15,16). The largest absolute Gasteiger partial charge is 0.362 e. The molecule has 1 rings (SSSR count). The predicted octanol–water partition coefficient (Wildman–Crippen LogP) is 2.81. The summed E-state index contributed by atoms with van der Waals surface area (Å²) in [6.07, 6.45) is 2.18. The van der Waals surface area contributed by atoms with E-state index in [0.717, 1.165) is 6.42 Å². The Morgan fingerprint density at radius 2 is 1.95 bits per heavy atom. The van der Waals surface area contributed by atoms with Crippen molar-refractivity contribution >= 4 is 17.3 Å². The summed E-state index contributed by atoms with van der Waals surface area (Å²) in [5.74, 6) is 0.486. The van der Waals surface area contributed by atoms with Crippen molar-refractivity contribution in [1.82, 2.24) is 9.97 Å². The number of nitro groups is 1. The molecule has 0 aliphatic heterocycles. The number of hydrogen-bond donors (Lipinski definition) is 2. The second kappa shape index (κ2) is 5.81. The third-order valence-corrected chi connectivity index (χ3v) is 2.49. The normalized spacial score (nSPS) is 12.9. The van der Waals surface area contributed by atoms with E-state index in [1.165, 1.54) is 6.33 Å². The maximum atomic E-state index is 11.2. The number of rotatable bonds is 5. The molecule has 7 nitrogen and oxygen atoms in total. The second-order valence-electron chi connectivity index (χ2n) is 5.51. The molecule has 0 spiro atoms. The van der Waals surface area contributed by atoms with E-state index in [-0.39, 0.29) is 28.9 Å². The Kier molecular flexibility index (Phi) is 4.63. The van der Waals surface area contributed by atoms with Crippen LogP contribution in [-0.2, 0) is 0 Å². The molecule has 1 heterocycles. The van der Waals surface area contributed by atoms with Crippen LogP contribution in [0.2, 0.25) is 0 Å². The lowest BCUT2D eigenvalue weighted by Gasteiger charge is -2.21. The zero-order valence-electron chi connectivity index (χ0n) is 12.0. The Labute approximate surface area is 113 Å². The lowest BCUT2D eigenvalue weighted by atomic mass is 10.1. The van der Waals surface area contributed by atoms with Crippen LogP contribution in [0.5, 0.6) is 0 Å². The Morgan fingerprint density at radius 1 is 1.37 bits per heavy atom. The molecular formula is C12H21N5O2. The van der Waals surface area contributed by atoms with Gasteiger partial charge in [0, 0.05) is 11.6 Å². The van der Waals surface area contributed by atoms with E-state index in [4.69, 9.17) is 0 Å². The molecule has 0 aliphatic carbocycles. The highest BCUT2D eigenvalue weighted by atomic mass is 16.6. The topological polar surface area (TPSA) is 93.0 Å². The highest BCUT2D eigenvalue weighted by Crippen LogP contribution is 2.31. The first-order chi connectivity index (χ1) is 8.74. The molecule has 2 N–H and O–H groups in total. The van der Waals surface area contributed by atoms with Gasteiger partial charge in [-0.2, -0.15) is 0 Å². The summed E-state index contributed by atoms with van der Waals surface area (Å²) in [4.78, 5) is 18.7. The van der Waals surface area contributed by atoms with Crippen LogP contribution >= 0.6 is 0 Å². The maximum absolute atomic E-state index is 11.2. The SMILES string of the molecule is CCC(C)Nc1ncnc(NC(C)(C)C)c1[N+](=O)[O-]. The van der Waals surface area contributed by atoms with E-state index in [0.29, 0.717) is 0 Å². The molecule has 0 radical (unpaired) electrons. The monoisotopic (exact) mass is 267 g/mol. The van der Waals surface area contributed by atoms with E-state index in [1.807, 2.05) is 34.6 Å². The van der Waals surface area contributed by atoms with Gasteiger partial charge in [-0.05, 0) is 34.1 Å². The summed E-state index contributed by atoms with van der Waals surface area (Å²) in [6, 6.07) is 0.107. The molecule has 1 unspecified atom stereocenters. The van der Waals surface area contributed by atoms with Crippen LogP contribution in [0, 0.1) is 10.1 Å². The first-order valence-corrected chi connectivity index (χ1v) is 6.28. The smallest absolute Gasteiger partial charge is 0.353 e. The van der Waals surface area contributed by atoms with Crippen molar-refractivity contribution in [3.63, 3.8) is 0 Å². The average Bonchev–Trinajstić information content (AvgIpc) is 2.26. The van der Waals surface area contributed by atoms with Gasteiger partial charge in [0.25, 0.3) is 0 Å². The van der Waals surface area contributed by atoms with Crippen molar-refractivity contribution < 1.29 is 4.92 Å². The molecule has 0 amide bonds. The van der Waals surface area contributed by atoms with Crippen LogP contribution < -0.4 is 10.6 Å². The van der Waals surface area contributed by atoms with Crippen molar-refractivity contribution in [2.24, 2.45) is 0 Å². The summed E-state index contributed by atoms with van der Waals surface area (Å²) < 4.78 is 0. The van der Waals surface area contributed by atoms with Gasteiger partial charge in [-0.3, -0.25) is 10.1 Å². The molecule has 0 fully saturated rings. The zero-order valence-corrected chi connectivity index (χ0v) is 12.0. The summed E-state index contributed by atoms with van der Waals surface area (Å²) in [6.45, 7) is 9.70. The molecule has 7 heteroatoms. The molecule has 0 saturated carbocycles. The fourth-order valence-electron chi connectivity index (χ4n) is 1.44. The minimum Gasteiger partial charge on any atom is -0.362 e. The van der Waals surface area contributed by atoms with Gasteiger partial charge in [0.15, 0.2) is 0 Å². The van der Waals surface area contributed by atoms with E-state index >= 15 is 0 Å². The van der Waals surface area contributed by atoms with Gasteiger partial charge in [0.05, 0.1) is 4.92 Å². The van der Waals surface area contributed by atoms with E-state index in [9.17, 15) is 10.1 Å². The van der Waals surface area contributed by atoms with Gasteiger partial charge in [0.1, 0.15) is 6.33 Å². The van der Waals surface area contributed by atoms with Gasteiger partial charge < -0.3 is 10.6 Å². The summed E-state index contributed by atoms with van der Waals surface area (Å²) >= 11 is 0. The van der Waals surface area contributed by atoms with Crippen LogP contribution in [0.4, 0.5) is 17.3 Å². The molecule has 1 aromatic rings. The number of nitrogens with one attached hydrogen (secondary N) is 2. The number of nitrogens with zero attached hydrogens (tertiary/aromatic N) is 3. The summed E-state index contributed by atoms with van der Waals surface area (Å²) in [7, 11) is 0. The quantitative estimate of drug-likeness (QED) is 0.629. The van der Waals surface area contributed by atoms with Crippen molar-refractivity contribution in [2.75, 3.05) is 10.6 Å². The second-order valence-corrected chi connectivity index (χ2v) is 5.51. The highest BCUT2D eigenvalue weighted by Gasteiger charge is 2.26. The van der Waals surface area contributed by atoms with E-state index < -0.39 is 4.92 Å².